The van der Waals surface area contributed by atoms with Crippen molar-refractivity contribution in [3.8, 4) is 17.2 Å². The van der Waals surface area contributed by atoms with Crippen molar-refractivity contribution in [1.29, 1.82) is 0 Å². The maximum Gasteiger partial charge on any atom is 0.343 e. The van der Waals surface area contributed by atoms with Crippen LogP contribution in [-0.2, 0) is 9.53 Å². The number of rotatable bonds is 8. The van der Waals surface area contributed by atoms with Crippen LogP contribution in [0.2, 0.25) is 0 Å². The van der Waals surface area contributed by atoms with Gasteiger partial charge in [-0.2, -0.15) is 0 Å². The van der Waals surface area contributed by atoms with Crippen molar-refractivity contribution in [3.63, 3.8) is 0 Å². The van der Waals surface area contributed by atoms with Gasteiger partial charge in [-0.25, -0.2) is 4.79 Å². The summed E-state index contributed by atoms with van der Waals surface area (Å²) in [6, 6.07) is 11.9. The molecule has 0 bridgehead atoms. The van der Waals surface area contributed by atoms with Crippen molar-refractivity contribution in [3.05, 3.63) is 48.0 Å². The number of nitrogens with one attached hydrogen (secondary N) is 1. The largest absolute Gasteiger partial charge is 0.493 e. The van der Waals surface area contributed by atoms with Gasteiger partial charge >= 0.3 is 5.97 Å². The molecule has 0 heterocycles. The Morgan fingerprint density at radius 1 is 1.00 bits per heavy atom. The van der Waals surface area contributed by atoms with Crippen LogP contribution in [0.15, 0.2) is 42.5 Å². The van der Waals surface area contributed by atoms with Crippen LogP contribution in [0.25, 0.3) is 0 Å². The number of amides is 1. The number of esters is 1. The molecule has 29 heavy (non-hydrogen) atoms. The van der Waals surface area contributed by atoms with E-state index in [1.807, 2.05) is 0 Å². The van der Waals surface area contributed by atoms with Gasteiger partial charge in [0.15, 0.2) is 18.1 Å². The average Bonchev–Trinajstić information content (AvgIpc) is 3.26. The van der Waals surface area contributed by atoms with E-state index in [1.54, 1.807) is 49.6 Å². The molecule has 7 heteroatoms. The molecule has 0 radical (unpaired) electrons. The molecule has 0 aromatic heterocycles. The first-order valence-corrected chi connectivity index (χ1v) is 9.55. The summed E-state index contributed by atoms with van der Waals surface area (Å²) >= 11 is 0. The topological polar surface area (TPSA) is 83.1 Å². The maximum absolute atomic E-state index is 12.6. The average molecular weight is 399 g/mol. The lowest BCUT2D eigenvalue weighted by atomic mass is 10.1. The Kier molecular flexibility index (Phi) is 6.94. The standard InChI is InChI=1S/C22H25NO6/c1-26-20-13-15(7-12-19(20)29-18-5-3-4-6-18)22(25)23-16-8-10-17(11-9-16)28-14-21(24)27-2/h7-13,18H,3-6,14H2,1-2H3,(H,23,25). The number of benzene rings is 2. The Morgan fingerprint density at radius 2 is 1.72 bits per heavy atom. The quantitative estimate of drug-likeness (QED) is 0.680. The lowest BCUT2D eigenvalue weighted by Crippen LogP contribution is -2.14. The van der Waals surface area contributed by atoms with Gasteiger partial charge in [-0.15, -0.1) is 0 Å². The Hall–Kier alpha value is -3.22. The first-order chi connectivity index (χ1) is 14.1. The highest BCUT2D eigenvalue weighted by molar-refractivity contribution is 6.04. The molecule has 0 unspecified atom stereocenters. The summed E-state index contributed by atoms with van der Waals surface area (Å²) in [6.07, 6.45) is 4.67. The van der Waals surface area contributed by atoms with Gasteiger partial charge in [0.05, 0.1) is 20.3 Å². The molecule has 0 atom stereocenters. The molecule has 2 aromatic rings. The van der Waals surface area contributed by atoms with Crippen LogP contribution in [0, 0.1) is 0 Å². The third-order valence-corrected chi connectivity index (χ3v) is 4.72. The Balaban J connectivity index is 1.61. The second-order valence-electron chi connectivity index (χ2n) is 6.73. The molecule has 1 aliphatic carbocycles. The number of methoxy groups -OCH3 is 2. The zero-order chi connectivity index (χ0) is 20.6. The monoisotopic (exact) mass is 399 g/mol. The Labute approximate surface area is 169 Å². The lowest BCUT2D eigenvalue weighted by molar-refractivity contribution is -0.142. The second-order valence-corrected chi connectivity index (χ2v) is 6.73. The molecule has 0 aliphatic heterocycles. The minimum Gasteiger partial charge on any atom is -0.493 e. The number of carbonyl (C=O) groups excluding carboxylic acids is 2. The van der Waals surface area contributed by atoms with Gasteiger partial charge in [0.25, 0.3) is 5.91 Å². The van der Waals surface area contributed by atoms with E-state index in [-0.39, 0.29) is 18.6 Å². The molecule has 0 spiro atoms. The number of hydrogen-bond donors (Lipinski definition) is 1. The second kappa shape index (κ2) is 9.82. The van der Waals surface area contributed by atoms with Gasteiger partial charge in [-0.1, -0.05) is 0 Å². The summed E-state index contributed by atoms with van der Waals surface area (Å²) in [4.78, 5) is 23.7. The number of carbonyl (C=O) groups is 2. The van der Waals surface area contributed by atoms with Crippen molar-refractivity contribution in [2.24, 2.45) is 0 Å². The molecular weight excluding hydrogens is 374 g/mol. The minimum absolute atomic E-state index is 0.169. The van der Waals surface area contributed by atoms with E-state index < -0.39 is 5.97 Å². The van der Waals surface area contributed by atoms with Gasteiger partial charge in [0, 0.05) is 11.3 Å². The molecule has 0 saturated heterocycles. The van der Waals surface area contributed by atoms with Crippen molar-refractivity contribution in [1.82, 2.24) is 0 Å². The van der Waals surface area contributed by atoms with Crippen LogP contribution < -0.4 is 19.5 Å². The fourth-order valence-corrected chi connectivity index (χ4v) is 3.13. The van der Waals surface area contributed by atoms with E-state index in [9.17, 15) is 9.59 Å². The Bertz CT molecular complexity index is 843. The van der Waals surface area contributed by atoms with Crippen LogP contribution in [0.5, 0.6) is 17.2 Å². The fraction of sp³-hybridized carbons (Fsp3) is 0.364. The van der Waals surface area contributed by atoms with Gasteiger partial charge in [-0.3, -0.25) is 4.79 Å². The zero-order valence-corrected chi connectivity index (χ0v) is 16.6. The summed E-state index contributed by atoms with van der Waals surface area (Å²) in [6.45, 7) is -0.169. The molecule has 154 valence electrons. The van der Waals surface area contributed by atoms with Crippen LogP contribution >= 0.6 is 0 Å². The van der Waals surface area contributed by atoms with Gasteiger partial charge in [0.2, 0.25) is 0 Å². The molecule has 1 amide bonds. The van der Waals surface area contributed by atoms with E-state index in [1.165, 1.54) is 20.0 Å². The molecule has 1 saturated carbocycles. The molecule has 2 aromatic carbocycles. The van der Waals surface area contributed by atoms with Gasteiger partial charge in [0.1, 0.15) is 5.75 Å². The number of hydrogen-bond acceptors (Lipinski definition) is 6. The smallest absolute Gasteiger partial charge is 0.343 e. The summed E-state index contributed by atoms with van der Waals surface area (Å²) < 4.78 is 21.2. The molecule has 1 N–H and O–H groups in total. The molecule has 1 fully saturated rings. The summed E-state index contributed by atoms with van der Waals surface area (Å²) in [5.74, 6) is 0.971. The minimum atomic E-state index is -0.461. The van der Waals surface area contributed by atoms with E-state index in [2.05, 4.69) is 10.1 Å². The SMILES string of the molecule is COC(=O)COc1ccc(NC(=O)c2ccc(OC3CCCC3)c(OC)c2)cc1. The van der Waals surface area contributed by atoms with Crippen molar-refractivity contribution in [2.75, 3.05) is 26.1 Å². The van der Waals surface area contributed by atoms with Crippen molar-refractivity contribution >= 4 is 17.6 Å². The van der Waals surface area contributed by atoms with Crippen LogP contribution in [0.3, 0.4) is 0 Å². The van der Waals surface area contributed by atoms with Gasteiger partial charge < -0.3 is 24.3 Å². The van der Waals surface area contributed by atoms with E-state index in [0.29, 0.717) is 28.5 Å². The highest BCUT2D eigenvalue weighted by atomic mass is 16.6. The normalized spacial score (nSPS) is 13.6. The number of anilines is 1. The summed E-state index contributed by atoms with van der Waals surface area (Å²) in [7, 11) is 2.86. The van der Waals surface area contributed by atoms with Gasteiger partial charge in [-0.05, 0) is 68.1 Å². The van der Waals surface area contributed by atoms with Crippen LogP contribution in [0.1, 0.15) is 36.0 Å². The molecule has 3 rings (SSSR count). The van der Waals surface area contributed by atoms with E-state index in [4.69, 9.17) is 14.2 Å². The van der Waals surface area contributed by atoms with Crippen molar-refractivity contribution < 1.29 is 28.5 Å². The van der Waals surface area contributed by atoms with E-state index in [0.717, 1.165) is 12.8 Å². The molecule has 7 nitrogen and oxygen atoms in total. The van der Waals surface area contributed by atoms with Crippen LogP contribution in [0.4, 0.5) is 5.69 Å². The molecule has 1 aliphatic rings. The first kappa shape index (κ1) is 20.5. The van der Waals surface area contributed by atoms with E-state index >= 15 is 0 Å². The lowest BCUT2D eigenvalue weighted by Gasteiger charge is -2.16. The third kappa shape index (κ3) is 5.63. The highest BCUT2D eigenvalue weighted by Gasteiger charge is 2.19. The van der Waals surface area contributed by atoms with Crippen LogP contribution in [-0.4, -0.2) is 38.8 Å². The summed E-state index contributed by atoms with van der Waals surface area (Å²) in [5, 5.41) is 2.82. The fourth-order valence-electron chi connectivity index (χ4n) is 3.13. The number of ether oxygens (including phenoxy) is 4. The van der Waals surface area contributed by atoms with Crippen molar-refractivity contribution in [2.45, 2.75) is 31.8 Å². The third-order valence-electron chi connectivity index (χ3n) is 4.72. The first-order valence-electron chi connectivity index (χ1n) is 9.55. The Morgan fingerprint density at radius 3 is 2.38 bits per heavy atom. The molecular formula is C22H25NO6. The summed E-state index contributed by atoms with van der Waals surface area (Å²) in [5.41, 5.74) is 1.07. The highest BCUT2D eigenvalue weighted by Crippen LogP contribution is 2.32. The zero-order valence-electron chi connectivity index (χ0n) is 16.6. The predicted molar refractivity (Wildman–Crippen MR) is 108 cm³/mol. The predicted octanol–water partition coefficient (Wildman–Crippen LogP) is 3.82. The maximum atomic E-state index is 12.6.